The predicted octanol–water partition coefficient (Wildman–Crippen LogP) is 3.87. The average molecular weight is 507 g/mol. The Morgan fingerprint density at radius 3 is 2.33 bits per heavy atom. The Kier molecular flexibility index (Phi) is 11.3. The van der Waals surface area contributed by atoms with Gasteiger partial charge in [-0.1, -0.05) is 49.9 Å². The molecule has 0 heterocycles. The number of benzene rings is 1. The summed E-state index contributed by atoms with van der Waals surface area (Å²) >= 11 is 0. The lowest BCUT2D eigenvalue weighted by atomic mass is 10.0. The molecule has 0 unspecified atom stereocenters. The Labute approximate surface area is 181 Å². The molecule has 1 saturated carbocycles. The first kappa shape index (κ1) is 24.2. The van der Waals surface area contributed by atoms with E-state index in [-0.39, 0.29) is 29.7 Å². The number of nitrogens with zero attached hydrogens (tertiary/aromatic N) is 1. The second-order valence-electron chi connectivity index (χ2n) is 7.30. The second-order valence-corrected chi connectivity index (χ2v) is 9.44. The van der Waals surface area contributed by atoms with Crippen molar-refractivity contribution in [3.8, 4) is 0 Å². The summed E-state index contributed by atoms with van der Waals surface area (Å²) < 4.78 is 22.7. The van der Waals surface area contributed by atoms with Gasteiger partial charge in [0.1, 0.15) is 0 Å². The van der Waals surface area contributed by atoms with Gasteiger partial charge in [-0.2, -0.15) is 0 Å². The Morgan fingerprint density at radius 1 is 1.11 bits per heavy atom. The molecule has 0 aromatic heterocycles. The molecule has 1 aliphatic carbocycles. The van der Waals surface area contributed by atoms with Crippen molar-refractivity contribution < 1.29 is 8.42 Å². The summed E-state index contributed by atoms with van der Waals surface area (Å²) in [6.07, 6.45) is 9.39. The van der Waals surface area contributed by atoms with E-state index >= 15 is 0 Å². The minimum atomic E-state index is -2.99. The molecule has 0 aliphatic heterocycles. The number of guanidine groups is 1. The average Bonchev–Trinajstić information content (AvgIpc) is 3.10. The van der Waals surface area contributed by atoms with Crippen molar-refractivity contribution in [3.63, 3.8) is 0 Å². The Hall–Kier alpha value is -0.830. The van der Waals surface area contributed by atoms with Crippen molar-refractivity contribution in [1.82, 2.24) is 10.6 Å². The predicted molar refractivity (Wildman–Crippen MR) is 124 cm³/mol. The zero-order valence-electron chi connectivity index (χ0n) is 16.5. The first-order valence-electron chi connectivity index (χ1n) is 9.74. The van der Waals surface area contributed by atoms with E-state index in [0.717, 1.165) is 36.1 Å². The van der Waals surface area contributed by atoms with Crippen LogP contribution in [0, 0.1) is 5.92 Å². The maximum absolute atomic E-state index is 11.3. The molecule has 7 heteroatoms. The summed E-state index contributed by atoms with van der Waals surface area (Å²) in [7, 11) is -2.99. The van der Waals surface area contributed by atoms with Gasteiger partial charge in [-0.3, -0.25) is 0 Å². The highest BCUT2D eigenvalue weighted by Crippen LogP contribution is 2.28. The molecule has 2 rings (SSSR count). The van der Waals surface area contributed by atoms with Gasteiger partial charge in [-0.05, 0) is 36.8 Å². The molecule has 0 spiro atoms. The van der Waals surface area contributed by atoms with Gasteiger partial charge in [0.15, 0.2) is 15.8 Å². The highest BCUT2D eigenvalue weighted by atomic mass is 127. The van der Waals surface area contributed by atoms with Crippen molar-refractivity contribution in [2.75, 3.05) is 19.3 Å². The molecule has 0 atom stereocenters. The standard InChI is InChI=1S/C20H33N3O2S.HI/c1-3-21-20(22-14-6-9-17-7-4-5-8-17)23-15-18-10-12-19(13-11-18)16-26(2,24)25;/h10-13,17H,3-9,14-16H2,1-2H3,(H2,21,22,23);1H. The second kappa shape index (κ2) is 12.6. The van der Waals surface area contributed by atoms with Gasteiger partial charge in [-0.25, -0.2) is 13.4 Å². The van der Waals surface area contributed by atoms with Gasteiger partial charge in [0.2, 0.25) is 0 Å². The summed E-state index contributed by atoms with van der Waals surface area (Å²) in [4.78, 5) is 4.63. The fourth-order valence-electron chi connectivity index (χ4n) is 3.45. The highest BCUT2D eigenvalue weighted by Gasteiger charge is 2.14. The molecule has 1 aromatic rings. The summed E-state index contributed by atoms with van der Waals surface area (Å²) in [5.74, 6) is 1.86. The van der Waals surface area contributed by atoms with Crippen LogP contribution in [-0.2, 0) is 22.1 Å². The van der Waals surface area contributed by atoms with Crippen LogP contribution in [0.3, 0.4) is 0 Å². The quantitative estimate of drug-likeness (QED) is 0.231. The zero-order valence-corrected chi connectivity index (χ0v) is 19.7. The van der Waals surface area contributed by atoms with Crippen LogP contribution in [0.25, 0.3) is 0 Å². The monoisotopic (exact) mass is 507 g/mol. The lowest BCUT2D eigenvalue weighted by molar-refractivity contribution is 0.481. The Morgan fingerprint density at radius 2 is 1.74 bits per heavy atom. The van der Waals surface area contributed by atoms with Gasteiger partial charge < -0.3 is 10.6 Å². The smallest absolute Gasteiger partial charge is 0.191 e. The fraction of sp³-hybridized carbons (Fsp3) is 0.650. The van der Waals surface area contributed by atoms with E-state index in [2.05, 4.69) is 22.5 Å². The lowest BCUT2D eigenvalue weighted by Gasteiger charge is -2.13. The zero-order chi connectivity index (χ0) is 18.8. The van der Waals surface area contributed by atoms with Gasteiger partial charge in [0.05, 0.1) is 12.3 Å². The molecular weight excluding hydrogens is 473 g/mol. The summed E-state index contributed by atoms with van der Waals surface area (Å²) in [6, 6.07) is 7.64. The Bertz CT molecular complexity index is 669. The number of aliphatic imine (C=N–C) groups is 1. The van der Waals surface area contributed by atoms with Crippen LogP contribution in [0.1, 0.15) is 56.6 Å². The number of sulfone groups is 1. The summed E-state index contributed by atoms with van der Waals surface area (Å²) in [6.45, 7) is 4.43. The van der Waals surface area contributed by atoms with Gasteiger partial charge in [-0.15, -0.1) is 24.0 Å². The molecule has 0 saturated heterocycles. The summed E-state index contributed by atoms with van der Waals surface area (Å²) in [5, 5.41) is 6.70. The normalized spacial score (nSPS) is 15.4. The van der Waals surface area contributed by atoms with Crippen LogP contribution < -0.4 is 10.6 Å². The van der Waals surface area contributed by atoms with E-state index in [0.29, 0.717) is 6.54 Å². The third kappa shape index (κ3) is 10.3. The van der Waals surface area contributed by atoms with Crippen molar-refractivity contribution >= 4 is 39.8 Å². The molecule has 0 bridgehead atoms. The number of nitrogens with one attached hydrogen (secondary N) is 2. The number of hydrogen-bond acceptors (Lipinski definition) is 3. The van der Waals surface area contributed by atoms with E-state index in [9.17, 15) is 8.42 Å². The molecule has 1 aromatic carbocycles. The maximum atomic E-state index is 11.3. The van der Waals surface area contributed by atoms with Gasteiger partial charge >= 0.3 is 0 Å². The third-order valence-electron chi connectivity index (χ3n) is 4.77. The molecule has 5 nitrogen and oxygen atoms in total. The van der Waals surface area contributed by atoms with Crippen molar-refractivity contribution in [2.24, 2.45) is 10.9 Å². The number of rotatable bonds is 9. The van der Waals surface area contributed by atoms with Gasteiger partial charge in [0, 0.05) is 19.3 Å². The Balaban J connectivity index is 0.00000364. The van der Waals surface area contributed by atoms with Crippen LogP contribution in [0.2, 0.25) is 0 Å². The van der Waals surface area contributed by atoms with E-state index in [1.807, 2.05) is 24.3 Å². The SMILES string of the molecule is CCNC(=NCc1ccc(CS(C)(=O)=O)cc1)NCCCC1CCCC1.I. The van der Waals surface area contributed by atoms with E-state index in [1.165, 1.54) is 44.8 Å². The molecular formula is C20H34IN3O2S. The highest BCUT2D eigenvalue weighted by molar-refractivity contribution is 14.0. The number of halogens is 1. The first-order chi connectivity index (χ1) is 12.5. The topological polar surface area (TPSA) is 70.6 Å². The number of hydrogen-bond donors (Lipinski definition) is 2. The molecule has 0 amide bonds. The van der Waals surface area contributed by atoms with Crippen LogP contribution in [0.4, 0.5) is 0 Å². The molecule has 2 N–H and O–H groups in total. The van der Waals surface area contributed by atoms with E-state index in [1.54, 1.807) is 0 Å². The maximum Gasteiger partial charge on any atom is 0.191 e. The van der Waals surface area contributed by atoms with E-state index < -0.39 is 9.84 Å². The largest absolute Gasteiger partial charge is 0.357 e. The fourth-order valence-corrected chi connectivity index (χ4v) is 4.25. The minimum absolute atomic E-state index is 0. The van der Waals surface area contributed by atoms with Crippen molar-refractivity contribution in [3.05, 3.63) is 35.4 Å². The molecule has 0 radical (unpaired) electrons. The van der Waals surface area contributed by atoms with Crippen LogP contribution >= 0.6 is 24.0 Å². The van der Waals surface area contributed by atoms with Crippen LogP contribution in [0.5, 0.6) is 0 Å². The lowest BCUT2D eigenvalue weighted by Crippen LogP contribution is -2.37. The molecule has 154 valence electrons. The third-order valence-corrected chi connectivity index (χ3v) is 5.63. The van der Waals surface area contributed by atoms with E-state index in [4.69, 9.17) is 0 Å². The molecule has 1 aliphatic rings. The minimum Gasteiger partial charge on any atom is -0.357 e. The first-order valence-corrected chi connectivity index (χ1v) is 11.8. The van der Waals surface area contributed by atoms with Crippen LogP contribution in [0.15, 0.2) is 29.3 Å². The van der Waals surface area contributed by atoms with Crippen molar-refractivity contribution in [2.45, 2.75) is 57.7 Å². The van der Waals surface area contributed by atoms with Crippen LogP contribution in [-0.4, -0.2) is 33.7 Å². The van der Waals surface area contributed by atoms with Gasteiger partial charge in [0.25, 0.3) is 0 Å². The van der Waals surface area contributed by atoms with Crippen molar-refractivity contribution in [1.29, 1.82) is 0 Å². The summed E-state index contributed by atoms with van der Waals surface area (Å²) in [5.41, 5.74) is 1.89. The molecule has 1 fully saturated rings. The molecule has 27 heavy (non-hydrogen) atoms.